The Kier molecular flexibility index (Phi) is 4.11. The Morgan fingerprint density at radius 2 is 1.89 bits per heavy atom. The van der Waals surface area contributed by atoms with E-state index in [2.05, 4.69) is 27.9 Å². The number of nitrogens with zero attached hydrogens (tertiary/aromatic N) is 1. The second kappa shape index (κ2) is 5.62. The summed E-state index contributed by atoms with van der Waals surface area (Å²) in [6.45, 7) is 0. The molecule has 98 valence electrons. The zero-order valence-electron chi connectivity index (χ0n) is 9.56. The summed E-state index contributed by atoms with van der Waals surface area (Å²) >= 11 is 8.02. The second-order valence-corrected chi connectivity index (χ2v) is 5.38. The van der Waals surface area contributed by atoms with Crippen molar-refractivity contribution in [2.24, 2.45) is 0 Å². The monoisotopic (exact) mass is 389 g/mol. The number of hydrogen-bond acceptors (Lipinski definition) is 4. The molecular weight excluding hydrogens is 381 g/mol. The fourth-order valence-corrected chi connectivity index (χ4v) is 2.52. The number of nitro benzene ring substituents is 1. The van der Waals surface area contributed by atoms with Gasteiger partial charge >= 0.3 is 0 Å². The minimum absolute atomic E-state index is 0.0335. The zero-order valence-corrected chi connectivity index (χ0v) is 12.5. The predicted octanol–water partition coefficient (Wildman–Crippen LogP) is 4.18. The highest BCUT2D eigenvalue weighted by atomic mass is 127. The molecule has 0 spiro atoms. The van der Waals surface area contributed by atoms with Crippen molar-refractivity contribution >= 4 is 56.9 Å². The largest absolute Gasteiger partial charge is 0.397 e. The van der Waals surface area contributed by atoms with E-state index in [1.807, 2.05) is 12.1 Å². The number of nitro groups is 1. The lowest BCUT2D eigenvalue weighted by Gasteiger charge is -2.11. The lowest BCUT2D eigenvalue weighted by Crippen LogP contribution is -1.99. The molecule has 0 bridgehead atoms. The van der Waals surface area contributed by atoms with Crippen LogP contribution in [0.15, 0.2) is 36.4 Å². The van der Waals surface area contributed by atoms with Crippen molar-refractivity contribution in [3.8, 4) is 0 Å². The highest BCUT2D eigenvalue weighted by molar-refractivity contribution is 14.1. The molecule has 0 atom stereocenters. The molecule has 0 aromatic heterocycles. The lowest BCUT2D eigenvalue weighted by atomic mass is 10.2. The van der Waals surface area contributed by atoms with Gasteiger partial charge in [-0.2, -0.15) is 0 Å². The van der Waals surface area contributed by atoms with E-state index in [0.717, 1.165) is 9.26 Å². The van der Waals surface area contributed by atoms with Crippen molar-refractivity contribution in [3.05, 3.63) is 55.1 Å². The maximum Gasteiger partial charge on any atom is 0.271 e. The number of halogens is 2. The average molecular weight is 390 g/mol. The molecule has 7 heteroatoms. The molecule has 0 unspecified atom stereocenters. The first kappa shape index (κ1) is 13.9. The fourth-order valence-electron chi connectivity index (χ4n) is 1.51. The van der Waals surface area contributed by atoms with Gasteiger partial charge in [0.05, 0.1) is 22.0 Å². The van der Waals surface area contributed by atoms with Crippen LogP contribution < -0.4 is 11.1 Å². The van der Waals surface area contributed by atoms with E-state index in [0.29, 0.717) is 16.4 Å². The van der Waals surface area contributed by atoms with Crippen LogP contribution in [0.4, 0.5) is 22.7 Å². The summed E-state index contributed by atoms with van der Waals surface area (Å²) in [6.07, 6.45) is 0. The number of nitrogens with two attached hydrogens (primary N) is 1. The third-order valence-corrected chi connectivity index (χ3v) is 3.57. The molecule has 0 radical (unpaired) electrons. The third-order valence-electron chi connectivity index (χ3n) is 2.45. The fraction of sp³-hybridized carbons (Fsp3) is 0. The van der Waals surface area contributed by atoms with Crippen molar-refractivity contribution in [1.82, 2.24) is 0 Å². The van der Waals surface area contributed by atoms with Gasteiger partial charge in [0.15, 0.2) is 0 Å². The zero-order chi connectivity index (χ0) is 14.0. The van der Waals surface area contributed by atoms with E-state index in [1.165, 1.54) is 12.1 Å². The molecule has 3 N–H and O–H groups in total. The Morgan fingerprint density at radius 1 is 1.21 bits per heavy atom. The summed E-state index contributed by atoms with van der Waals surface area (Å²) in [6, 6.07) is 9.70. The van der Waals surface area contributed by atoms with Crippen LogP contribution in [0.3, 0.4) is 0 Å². The summed E-state index contributed by atoms with van der Waals surface area (Å²) in [5, 5.41) is 14.4. The van der Waals surface area contributed by atoms with Crippen LogP contribution in [-0.4, -0.2) is 4.92 Å². The standard InChI is InChI=1S/C12H9ClIN3O2/c13-7-1-3-11(9(14)5-7)16-12-4-2-8(17(18)19)6-10(12)15/h1-6,16H,15H2. The Morgan fingerprint density at radius 3 is 2.47 bits per heavy atom. The predicted molar refractivity (Wildman–Crippen MR) is 85.0 cm³/mol. The van der Waals surface area contributed by atoms with Gasteiger partial charge in [0.25, 0.3) is 5.69 Å². The van der Waals surface area contributed by atoms with Crippen molar-refractivity contribution in [2.45, 2.75) is 0 Å². The number of hydrogen-bond donors (Lipinski definition) is 2. The topological polar surface area (TPSA) is 81.2 Å². The van der Waals surface area contributed by atoms with Crippen LogP contribution in [-0.2, 0) is 0 Å². The maximum atomic E-state index is 10.6. The molecule has 0 fully saturated rings. The highest BCUT2D eigenvalue weighted by Gasteiger charge is 2.09. The Bertz CT molecular complexity index is 649. The van der Waals surface area contributed by atoms with Crippen LogP contribution in [0, 0.1) is 13.7 Å². The van der Waals surface area contributed by atoms with Crippen molar-refractivity contribution in [3.63, 3.8) is 0 Å². The van der Waals surface area contributed by atoms with E-state index >= 15 is 0 Å². The number of nitrogens with one attached hydrogen (secondary N) is 1. The summed E-state index contributed by atoms with van der Waals surface area (Å²) in [7, 11) is 0. The van der Waals surface area contributed by atoms with Crippen LogP contribution in [0.25, 0.3) is 0 Å². The van der Waals surface area contributed by atoms with Crippen molar-refractivity contribution in [1.29, 1.82) is 0 Å². The second-order valence-electron chi connectivity index (χ2n) is 3.78. The molecule has 0 heterocycles. The molecule has 2 rings (SSSR count). The number of rotatable bonds is 3. The minimum Gasteiger partial charge on any atom is -0.397 e. The summed E-state index contributed by atoms with van der Waals surface area (Å²) in [4.78, 5) is 10.1. The van der Waals surface area contributed by atoms with E-state index < -0.39 is 4.92 Å². The first-order chi connectivity index (χ1) is 8.97. The van der Waals surface area contributed by atoms with E-state index in [1.54, 1.807) is 12.1 Å². The molecule has 2 aromatic carbocycles. The first-order valence-corrected chi connectivity index (χ1v) is 6.69. The molecular formula is C12H9ClIN3O2. The molecule has 0 saturated carbocycles. The smallest absolute Gasteiger partial charge is 0.271 e. The van der Waals surface area contributed by atoms with E-state index in [4.69, 9.17) is 17.3 Å². The van der Waals surface area contributed by atoms with Gasteiger partial charge in [-0.25, -0.2) is 0 Å². The molecule has 0 aliphatic heterocycles. The molecule has 0 aliphatic carbocycles. The SMILES string of the molecule is Nc1cc([N+](=O)[O-])ccc1Nc1ccc(Cl)cc1I. The van der Waals surface area contributed by atoms with Crippen molar-refractivity contribution < 1.29 is 4.92 Å². The summed E-state index contributed by atoms with van der Waals surface area (Å²) in [5.74, 6) is 0. The highest BCUT2D eigenvalue weighted by Crippen LogP contribution is 2.30. The number of nitrogen functional groups attached to an aromatic ring is 1. The number of anilines is 3. The molecule has 2 aromatic rings. The number of non-ortho nitro benzene ring substituents is 1. The van der Waals surface area contributed by atoms with E-state index in [-0.39, 0.29) is 5.69 Å². The van der Waals surface area contributed by atoms with Gasteiger partial charge in [-0.05, 0) is 46.9 Å². The Balaban J connectivity index is 2.31. The quantitative estimate of drug-likeness (QED) is 0.357. The molecule has 0 saturated heterocycles. The third kappa shape index (κ3) is 3.27. The summed E-state index contributed by atoms with van der Waals surface area (Å²) < 4.78 is 0.933. The van der Waals surface area contributed by atoms with Crippen LogP contribution in [0.5, 0.6) is 0 Å². The normalized spacial score (nSPS) is 10.2. The molecule has 0 amide bonds. The van der Waals surface area contributed by atoms with Gasteiger partial charge in [-0.1, -0.05) is 11.6 Å². The van der Waals surface area contributed by atoms with Gasteiger partial charge in [-0.3, -0.25) is 10.1 Å². The minimum atomic E-state index is -0.480. The molecule has 5 nitrogen and oxygen atoms in total. The summed E-state index contributed by atoms with van der Waals surface area (Å²) in [5.41, 5.74) is 7.53. The van der Waals surface area contributed by atoms with Gasteiger partial charge < -0.3 is 11.1 Å². The lowest BCUT2D eigenvalue weighted by molar-refractivity contribution is -0.384. The first-order valence-electron chi connectivity index (χ1n) is 5.23. The van der Waals surface area contributed by atoms with Gasteiger partial charge in [-0.15, -0.1) is 0 Å². The number of benzene rings is 2. The van der Waals surface area contributed by atoms with Crippen LogP contribution >= 0.6 is 34.2 Å². The van der Waals surface area contributed by atoms with Gasteiger partial charge in [0.2, 0.25) is 0 Å². The molecule has 0 aliphatic rings. The average Bonchev–Trinajstić information content (AvgIpc) is 2.34. The maximum absolute atomic E-state index is 10.6. The van der Waals surface area contributed by atoms with Gasteiger partial charge in [0.1, 0.15) is 0 Å². The Hall–Kier alpha value is -1.54. The molecule has 19 heavy (non-hydrogen) atoms. The van der Waals surface area contributed by atoms with Crippen LogP contribution in [0.1, 0.15) is 0 Å². The van der Waals surface area contributed by atoms with Crippen molar-refractivity contribution in [2.75, 3.05) is 11.1 Å². The Labute approximate surface area is 128 Å². The van der Waals surface area contributed by atoms with E-state index in [9.17, 15) is 10.1 Å². The van der Waals surface area contributed by atoms with Gasteiger partial charge in [0, 0.05) is 20.7 Å². The van der Waals surface area contributed by atoms with Crippen LogP contribution in [0.2, 0.25) is 5.02 Å².